The van der Waals surface area contributed by atoms with E-state index in [1.54, 1.807) is 6.07 Å². The number of hydrogen-bond acceptors (Lipinski definition) is 5. The molecule has 2 bridgehead atoms. The number of benzene rings is 1. The van der Waals surface area contributed by atoms with Gasteiger partial charge in [0.25, 0.3) is 0 Å². The molecular weight excluding hydrogens is 318 g/mol. The lowest BCUT2D eigenvalue weighted by Gasteiger charge is -2.42. The SMILES string of the molecule is CC(=O)c1cccc(N2C[C@H]3CC[C@@H](C2)N3C(=O)OC(C)(C)C)c1N. The average molecular weight is 345 g/mol. The van der Waals surface area contributed by atoms with Crippen molar-refractivity contribution < 1.29 is 14.3 Å². The Bertz CT molecular complexity index is 682. The summed E-state index contributed by atoms with van der Waals surface area (Å²) >= 11 is 0. The number of nitrogen functional groups attached to an aromatic ring is 1. The van der Waals surface area contributed by atoms with E-state index >= 15 is 0 Å². The van der Waals surface area contributed by atoms with E-state index in [9.17, 15) is 9.59 Å². The van der Waals surface area contributed by atoms with E-state index in [2.05, 4.69) is 4.90 Å². The zero-order valence-corrected chi connectivity index (χ0v) is 15.4. The van der Waals surface area contributed by atoms with E-state index in [1.165, 1.54) is 6.92 Å². The number of piperazine rings is 1. The Morgan fingerprint density at radius 2 is 1.76 bits per heavy atom. The van der Waals surface area contributed by atoms with Crippen LogP contribution in [-0.4, -0.2) is 47.6 Å². The van der Waals surface area contributed by atoms with Crippen LogP contribution >= 0.6 is 0 Å². The van der Waals surface area contributed by atoms with Crippen LogP contribution in [0.25, 0.3) is 0 Å². The van der Waals surface area contributed by atoms with Crippen molar-refractivity contribution in [3.63, 3.8) is 0 Å². The number of ether oxygens (including phenoxy) is 1. The van der Waals surface area contributed by atoms with Gasteiger partial charge in [-0.05, 0) is 52.7 Å². The van der Waals surface area contributed by atoms with E-state index in [-0.39, 0.29) is 24.0 Å². The van der Waals surface area contributed by atoms with Gasteiger partial charge < -0.3 is 15.4 Å². The lowest BCUT2D eigenvalue weighted by molar-refractivity contribution is 0.0123. The lowest BCUT2D eigenvalue weighted by Crippen LogP contribution is -2.57. The van der Waals surface area contributed by atoms with Gasteiger partial charge in [0.15, 0.2) is 5.78 Å². The van der Waals surface area contributed by atoms with Gasteiger partial charge in [0.05, 0.1) is 23.5 Å². The van der Waals surface area contributed by atoms with E-state index in [0.29, 0.717) is 24.3 Å². The molecule has 25 heavy (non-hydrogen) atoms. The van der Waals surface area contributed by atoms with E-state index < -0.39 is 5.60 Å². The third kappa shape index (κ3) is 3.43. The molecular formula is C19H27N3O3. The zero-order valence-electron chi connectivity index (χ0n) is 15.4. The van der Waals surface area contributed by atoms with Crippen molar-refractivity contribution >= 4 is 23.3 Å². The van der Waals surface area contributed by atoms with Crippen LogP contribution in [0.5, 0.6) is 0 Å². The average Bonchev–Trinajstić information content (AvgIpc) is 2.76. The highest BCUT2D eigenvalue weighted by Gasteiger charge is 2.44. The van der Waals surface area contributed by atoms with Crippen LogP contribution in [0.4, 0.5) is 16.2 Å². The summed E-state index contributed by atoms with van der Waals surface area (Å²) in [6.07, 6.45) is 1.70. The lowest BCUT2D eigenvalue weighted by atomic mass is 10.1. The molecule has 1 amide bonds. The number of carbonyl (C=O) groups excluding carboxylic acids is 2. The Morgan fingerprint density at radius 1 is 1.16 bits per heavy atom. The van der Waals surface area contributed by atoms with Gasteiger partial charge in [-0.15, -0.1) is 0 Å². The van der Waals surface area contributed by atoms with Crippen molar-refractivity contribution in [2.45, 2.75) is 58.2 Å². The first-order chi connectivity index (χ1) is 11.7. The summed E-state index contributed by atoms with van der Waals surface area (Å²) in [6, 6.07) is 5.81. The smallest absolute Gasteiger partial charge is 0.410 e. The molecule has 2 aliphatic rings. The fourth-order valence-electron chi connectivity index (χ4n) is 3.85. The Labute approximate surface area is 148 Å². The summed E-state index contributed by atoms with van der Waals surface area (Å²) in [5.74, 6) is -0.0327. The van der Waals surface area contributed by atoms with Crippen molar-refractivity contribution in [1.82, 2.24) is 4.90 Å². The van der Waals surface area contributed by atoms with Gasteiger partial charge in [-0.1, -0.05) is 6.07 Å². The molecule has 0 aliphatic carbocycles. The molecule has 6 heteroatoms. The van der Waals surface area contributed by atoms with Crippen molar-refractivity contribution in [3.8, 4) is 0 Å². The number of para-hydroxylation sites is 1. The number of carbonyl (C=O) groups is 2. The highest BCUT2D eigenvalue weighted by molar-refractivity contribution is 6.01. The van der Waals surface area contributed by atoms with Crippen molar-refractivity contribution in [1.29, 1.82) is 0 Å². The van der Waals surface area contributed by atoms with Gasteiger partial charge in [-0.3, -0.25) is 9.69 Å². The second kappa shape index (κ2) is 6.24. The second-order valence-electron chi connectivity index (χ2n) is 7.97. The standard InChI is InChI=1S/C19H27N3O3/c1-12(23)15-6-5-7-16(17(15)20)21-10-13-8-9-14(11-21)22(13)18(24)25-19(2,3)4/h5-7,13-14H,8-11,20H2,1-4H3/t13-,14+. The third-order valence-electron chi connectivity index (χ3n) is 4.89. The van der Waals surface area contributed by atoms with Crippen LogP contribution in [0, 0.1) is 0 Å². The molecule has 2 fully saturated rings. The van der Waals surface area contributed by atoms with Crippen LogP contribution in [0.15, 0.2) is 18.2 Å². The maximum Gasteiger partial charge on any atom is 0.410 e. The fourth-order valence-corrected chi connectivity index (χ4v) is 3.85. The summed E-state index contributed by atoms with van der Waals surface area (Å²) in [6.45, 7) is 8.60. The first-order valence-corrected chi connectivity index (χ1v) is 8.83. The fraction of sp³-hybridized carbons (Fsp3) is 0.579. The molecule has 136 valence electrons. The summed E-state index contributed by atoms with van der Waals surface area (Å²) in [5, 5.41) is 0. The number of ketones is 1. The molecule has 2 atom stereocenters. The highest BCUT2D eigenvalue weighted by atomic mass is 16.6. The molecule has 1 aromatic carbocycles. The summed E-state index contributed by atoms with van der Waals surface area (Å²) in [7, 11) is 0. The number of anilines is 2. The first-order valence-electron chi connectivity index (χ1n) is 8.83. The Morgan fingerprint density at radius 3 is 2.28 bits per heavy atom. The summed E-state index contributed by atoms with van der Waals surface area (Å²) in [5.41, 5.74) is 7.71. The monoisotopic (exact) mass is 345 g/mol. The van der Waals surface area contributed by atoms with Crippen molar-refractivity contribution in [2.75, 3.05) is 23.7 Å². The molecule has 6 nitrogen and oxygen atoms in total. The minimum Gasteiger partial charge on any atom is -0.444 e. The van der Waals surface area contributed by atoms with Crippen LogP contribution < -0.4 is 10.6 Å². The van der Waals surface area contributed by atoms with Gasteiger partial charge in [0, 0.05) is 18.7 Å². The van der Waals surface area contributed by atoms with Gasteiger partial charge >= 0.3 is 6.09 Å². The molecule has 0 spiro atoms. The number of fused-ring (bicyclic) bond motifs is 2. The minimum atomic E-state index is -0.492. The van der Waals surface area contributed by atoms with Gasteiger partial charge in [-0.25, -0.2) is 4.79 Å². The quantitative estimate of drug-likeness (QED) is 0.658. The molecule has 3 rings (SSSR count). The van der Waals surface area contributed by atoms with Crippen LogP contribution in [0.2, 0.25) is 0 Å². The predicted octanol–water partition coefficient (Wildman–Crippen LogP) is 3.06. The van der Waals surface area contributed by atoms with Gasteiger partial charge in [0.1, 0.15) is 5.60 Å². The maximum absolute atomic E-state index is 12.5. The molecule has 0 unspecified atom stereocenters. The molecule has 1 aromatic rings. The number of amides is 1. The Hall–Kier alpha value is -2.24. The van der Waals surface area contributed by atoms with E-state index in [0.717, 1.165) is 18.5 Å². The van der Waals surface area contributed by atoms with E-state index in [1.807, 2.05) is 37.8 Å². The largest absolute Gasteiger partial charge is 0.444 e. The second-order valence-corrected chi connectivity index (χ2v) is 7.97. The molecule has 2 aliphatic heterocycles. The number of Topliss-reactive ketones (excluding diaryl/α,β-unsaturated/α-hetero) is 1. The molecule has 2 heterocycles. The molecule has 2 N–H and O–H groups in total. The van der Waals surface area contributed by atoms with Crippen LogP contribution in [-0.2, 0) is 4.74 Å². The number of rotatable bonds is 2. The molecule has 0 aromatic heterocycles. The highest BCUT2D eigenvalue weighted by Crippen LogP contribution is 2.36. The van der Waals surface area contributed by atoms with Crippen molar-refractivity contribution in [2.24, 2.45) is 0 Å². The van der Waals surface area contributed by atoms with E-state index in [4.69, 9.17) is 10.5 Å². The number of nitrogens with two attached hydrogens (primary N) is 1. The van der Waals surface area contributed by atoms with Crippen LogP contribution in [0.3, 0.4) is 0 Å². The Balaban J connectivity index is 1.80. The molecule has 2 saturated heterocycles. The van der Waals surface area contributed by atoms with Crippen LogP contribution in [0.1, 0.15) is 50.9 Å². The summed E-state index contributed by atoms with van der Waals surface area (Å²) < 4.78 is 5.57. The summed E-state index contributed by atoms with van der Waals surface area (Å²) in [4.78, 5) is 28.4. The maximum atomic E-state index is 12.5. The van der Waals surface area contributed by atoms with Gasteiger partial charge in [0.2, 0.25) is 0 Å². The topological polar surface area (TPSA) is 75.9 Å². The number of hydrogen-bond donors (Lipinski definition) is 1. The van der Waals surface area contributed by atoms with Crippen molar-refractivity contribution in [3.05, 3.63) is 23.8 Å². The molecule has 0 radical (unpaired) electrons. The number of nitrogens with zero attached hydrogens (tertiary/aromatic N) is 2. The Kier molecular flexibility index (Phi) is 4.39. The third-order valence-corrected chi connectivity index (χ3v) is 4.89. The zero-order chi connectivity index (χ0) is 18.4. The molecule has 0 saturated carbocycles. The minimum absolute atomic E-state index is 0.0327. The normalized spacial score (nSPS) is 22.9. The predicted molar refractivity (Wildman–Crippen MR) is 98.0 cm³/mol. The van der Waals surface area contributed by atoms with Gasteiger partial charge in [-0.2, -0.15) is 0 Å². The first kappa shape index (κ1) is 17.6.